The van der Waals surface area contributed by atoms with Crippen molar-refractivity contribution in [3.8, 4) is 5.88 Å². The lowest BCUT2D eigenvalue weighted by molar-refractivity contribution is 0.138. The van der Waals surface area contributed by atoms with Crippen LogP contribution in [0, 0.1) is 0 Å². The number of hydrogen-bond donors (Lipinski definition) is 1. The Morgan fingerprint density at radius 1 is 1.25 bits per heavy atom. The van der Waals surface area contributed by atoms with Crippen molar-refractivity contribution in [3.05, 3.63) is 11.2 Å². The van der Waals surface area contributed by atoms with E-state index in [4.69, 9.17) is 21.1 Å². The highest BCUT2D eigenvalue weighted by atomic mass is 35.5. The van der Waals surface area contributed by atoms with Crippen LogP contribution in [0.2, 0.25) is 5.15 Å². The number of anilines is 1. The molecule has 3 atom stereocenters. The number of piperidine rings is 2. The SMILES string of the molecule is CN(c1nc(Cl)cc(OC2CCOC2)n1)C1CC2CCCC(C1)N2. The standard InChI is InChI=1S/C17H25ClN4O2/c1-22(13-7-11-3-2-4-12(8-13)19-11)17-20-15(18)9-16(21-17)24-14-5-6-23-10-14/h9,11-14,19H,2-8,10H2,1H3. The molecule has 4 rings (SSSR count). The first-order valence-corrected chi connectivity index (χ1v) is 9.33. The van der Waals surface area contributed by atoms with Gasteiger partial charge in [-0.05, 0) is 25.7 Å². The molecule has 0 amide bonds. The maximum atomic E-state index is 6.21. The summed E-state index contributed by atoms with van der Waals surface area (Å²) in [6, 6.07) is 3.38. The monoisotopic (exact) mass is 352 g/mol. The highest BCUT2D eigenvalue weighted by molar-refractivity contribution is 6.29. The Balaban J connectivity index is 1.48. The fourth-order valence-electron chi connectivity index (χ4n) is 4.10. The van der Waals surface area contributed by atoms with Gasteiger partial charge in [0.25, 0.3) is 0 Å². The lowest BCUT2D eigenvalue weighted by Crippen LogP contribution is -2.54. The average molecular weight is 353 g/mol. The molecule has 3 fully saturated rings. The Morgan fingerprint density at radius 2 is 2.04 bits per heavy atom. The quantitative estimate of drug-likeness (QED) is 0.840. The summed E-state index contributed by atoms with van der Waals surface area (Å²) in [7, 11) is 2.07. The van der Waals surface area contributed by atoms with Crippen molar-refractivity contribution < 1.29 is 9.47 Å². The number of nitrogens with one attached hydrogen (secondary N) is 1. The molecular weight excluding hydrogens is 328 g/mol. The summed E-state index contributed by atoms with van der Waals surface area (Å²) in [5.74, 6) is 1.20. The molecule has 24 heavy (non-hydrogen) atoms. The number of halogens is 1. The van der Waals surface area contributed by atoms with Gasteiger partial charge in [-0.3, -0.25) is 0 Å². The van der Waals surface area contributed by atoms with Crippen LogP contribution in [0.15, 0.2) is 6.07 Å². The van der Waals surface area contributed by atoms with Gasteiger partial charge in [0.15, 0.2) is 0 Å². The molecule has 3 unspecified atom stereocenters. The third kappa shape index (κ3) is 3.60. The van der Waals surface area contributed by atoms with Crippen molar-refractivity contribution in [2.24, 2.45) is 0 Å². The van der Waals surface area contributed by atoms with E-state index in [-0.39, 0.29) is 6.10 Å². The lowest BCUT2D eigenvalue weighted by Gasteiger charge is -2.43. The van der Waals surface area contributed by atoms with Crippen molar-refractivity contribution in [2.45, 2.75) is 62.8 Å². The van der Waals surface area contributed by atoms with E-state index in [2.05, 4.69) is 27.2 Å². The lowest BCUT2D eigenvalue weighted by atomic mass is 9.83. The second-order valence-electron chi connectivity index (χ2n) is 7.16. The molecule has 1 aromatic rings. The highest BCUT2D eigenvalue weighted by Crippen LogP contribution is 2.30. The first-order valence-electron chi connectivity index (χ1n) is 8.95. The highest BCUT2D eigenvalue weighted by Gasteiger charge is 2.34. The topological polar surface area (TPSA) is 59.5 Å². The summed E-state index contributed by atoms with van der Waals surface area (Å²) in [5, 5.41) is 4.15. The van der Waals surface area contributed by atoms with Crippen LogP contribution in [0.4, 0.5) is 5.95 Å². The second kappa shape index (κ2) is 7.02. The minimum atomic E-state index is 0.0624. The van der Waals surface area contributed by atoms with E-state index in [0.29, 0.717) is 41.7 Å². The molecule has 6 nitrogen and oxygen atoms in total. The first kappa shape index (κ1) is 16.4. The van der Waals surface area contributed by atoms with Crippen LogP contribution in [0.3, 0.4) is 0 Å². The van der Waals surface area contributed by atoms with Crippen LogP contribution >= 0.6 is 11.6 Å². The molecule has 1 N–H and O–H groups in total. The summed E-state index contributed by atoms with van der Waals surface area (Å²) in [4.78, 5) is 11.2. The fourth-order valence-corrected chi connectivity index (χ4v) is 4.26. The van der Waals surface area contributed by atoms with Crippen LogP contribution in [-0.4, -0.2) is 54.5 Å². The minimum Gasteiger partial charge on any atom is -0.472 e. The normalized spacial score (nSPS) is 32.6. The summed E-state index contributed by atoms with van der Waals surface area (Å²) in [6.07, 6.45) is 7.11. The molecule has 1 aromatic heterocycles. The fraction of sp³-hybridized carbons (Fsp3) is 0.765. The Morgan fingerprint density at radius 3 is 2.75 bits per heavy atom. The largest absolute Gasteiger partial charge is 0.472 e. The van der Waals surface area contributed by atoms with Gasteiger partial charge in [0.05, 0.1) is 13.2 Å². The van der Waals surface area contributed by atoms with Gasteiger partial charge in [-0.2, -0.15) is 4.98 Å². The zero-order valence-electron chi connectivity index (χ0n) is 14.1. The first-order chi connectivity index (χ1) is 11.7. The van der Waals surface area contributed by atoms with E-state index in [1.54, 1.807) is 6.07 Å². The molecule has 0 spiro atoms. The van der Waals surface area contributed by atoms with Gasteiger partial charge in [-0.15, -0.1) is 0 Å². The molecule has 0 aromatic carbocycles. The number of fused-ring (bicyclic) bond motifs is 2. The summed E-state index contributed by atoms with van der Waals surface area (Å²) in [5.41, 5.74) is 0. The number of aromatic nitrogens is 2. The van der Waals surface area contributed by atoms with Crippen LogP contribution in [0.5, 0.6) is 5.88 Å². The Hall–Kier alpha value is -1.11. The average Bonchev–Trinajstić information content (AvgIpc) is 3.06. The third-order valence-corrected chi connectivity index (χ3v) is 5.58. The maximum Gasteiger partial charge on any atom is 0.230 e. The molecular formula is C17H25ClN4O2. The van der Waals surface area contributed by atoms with Gasteiger partial charge in [0.1, 0.15) is 11.3 Å². The summed E-state index contributed by atoms with van der Waals surface area (Å²) in [6.45, 7) is 1.36. The number of ether oxygens (including phenoxy) is 2. The van der Waals surface area contributed by atoms with Crippen LogP contribution in [0.1, 0.15) is 38.5 Å². The molecule has 2 bridgehead atoms. The second-order valence-corrected chi connectivity index (χ2v) is 7.55. The molecule has 0 saturated carbocycles. The van der Waals surface area contributed by atoms with Gasteiger partial charge < -0.3 is 19.7 Å². The van der Waals surface area contributed by atoms with E-state index >= 15 is 0 Å². The molecule has 0 aliphatic carbocycles. The predicted octanol–water partition coefficient (Wildman–Crippen LogP) is 2.41. The van der Waals surface area contributed by atoms with Crippen LogP contribution in [-0.2, 0) is 4.74 Å². The molecule has 7 heteroatoms. The summed E-state index contributed by atoms with van der Waals surface area (Å²) < 4.78 is 11.3. The van der Waals surface area contributed by atoms with E-state index in [1.165, 1.54) is 19.3 Å². The number of nitrogens with zero attached hydrogens (tertiary/aromatic N) is 3. The maximum absolute atomic E-state index is 6.21. The van der Waals surface area contributed by atoms with E-state index in [9.17, 15) is 0 Å². The van der Waals surface area contributed by atoms with E-state index in [1.807, 2.05) is 0 Å². The predicted molar refractivity (Wildman–Crippen MR) is 92.9 cm³/mol. The van der Waals surface area contributed by atoms with Crippen molar-refractivity contribution in [3.63, 3.8) is 0 Å². The van der Waals surface area contributed by atoms with Crippen molar-refractivity contribution in [1.82, 2.24) is 15.3 Å². The van der Waals surface area contributed by atoms with Gasteiger partial charge in [-0.1, -0.05) is 18.0 Å². The summed E-state index contributed by atoms with van der Waals surface area (Å²) >= 11 is 6.21. The van der Waals surface area contributed by atoms with Crippen molar-refractivity contribution in [2.75, 3.05) is 25.2 Å². The van der Waals surface area contributed by atoms with Crippen LogP contribution < -0.4 is 15.0 Å². The zero-order valence-corrected chi connectivity index (χ0v) is 14.8. The third-order valence-electron chi connectivity index (χ3n) is 5.39. The molecule has 3 aliphatic rings. The van der Waals surface area contributed by atoms with Gasteiger partial charge in [0.2, 0.25) is 11.8 Å². The Bertz CT molecular complexity index is 570. The van der Waals surface area contributed by atoms with Crippen LogP contribution in [0.25, 0.3) is 0 Å². The molecule has 0 radical (unpaired) electrons. The van der Waals surface area contributed by atoms with Crippen molar-refractivity contribution >= 4 is 17.5 Å². The van der Waals surface area contributed by atoms with E-state index in [0.717, 1.165) is 25.9 Å². The zero-order chi connectivity index (χ0) is 16.5. The Kier molecular flexibility index (Phi) is 4.79. The van der Waals surface area contributed by atoms with Gasteiger partial charge in [-0.25, -0.2) is 4.98 Å². The molecule has 4 heterocycles. The van der Waals surface area contributed by atoms with Crippen molar-refractivity contribution in [1.29, 1.82) is 0 Å². The van der Waals surface area contributed by atoms with E-state index < -0.39 is 0 Å². The molecule has 132 valence electrons. The minimum absolute atomic E-state index is 0.0624. The van der Waals surface area contributed by atoms with Gasteiger partial charge >= 0.3 is 0 Å². The number of hydrogen-bond acceptors (Lipinski definition) is 6. The van der Waals surface area contributed by atoms with Gasteiger partial charge in [0, 0.05) is 37.7 Å². The Labute approximate surface area is 147 Å². The number of rotatable bonds is 4. The molecule has 3 saturated heterocycles. The smallest absolute Gasteiger partial charge is 0.230 e. The molecule has 3 aliphatic heterocycles.